The van der Waals surface area contributed by atoms with Crippen LogP contribution >= 0.6 is 0 Å². The maximum atomic E-state index is 12.7. The molecule has 2 N–H and O–H groups in total. The third-order valence-corrected chi connectivity index (χ3v) is 4.56. The van der Waals surface area contributed by atoms with Crippen LogP contribution in [0.15, 0.2) is 36.4 Å². The SMILES string of the molecule is CC(=O)c1c(C)[nH]c(C(=O)[C@H](C)OC(=O)c2cc(-c3ccccc3)n[nH]2)c1C. The highest BCUT2D eigenvalue weighted by Crippen LogP contribution is 2.21. The number of aryl methyl sites for hydroxylation is 1. The number of carbonyl (C=O) groups is 3. The Kier molecular flexibility index (Phi) is 5.26. The van der Waals surface area contributed by atoms with Gasteiger partial charge in [-0.15, -0.1) is 0 Å². The molecule has 7 nitrogen and oxygen atoms in total. The van der Waals surface area contributed by atoms with Gasteiger partial charge in [-0.25, -0.2) is 4.79 Å². The summed E-state index contributed by atoms with van der Waals surface area (Å²) < 4.78 is 5.30. The van der Waals surface area contributed by atoms with Crippen LogP contribution in [0.2, 0.25) is 0 Å². The lowest BCUT2D eigenvalue weighted by Crippen LogP contribution is -2.25. The van der Waals surface area contributed by atoms with Crippen LogP contribution in [0.5, 0.6) is 0 Å². The third kappa shape index (κ3) is 3.64. The first-order valence-corrected chi connectivity index (χ1v) is 8.85. The Morgan fingerprint density at radius 3 is 2.39 bits per heavy atom. The first-order valence-electron chi connectivity index (χ1n) is 8.85. The minimum absolute atomic E-state index is 0.124. The van der Waals surface area contributed by atoms with E-state index in [1.165, 1.54) is 13.8 Å². The normalized spacial score (nSPS) is 11.9. The summed E-state index contributed by atoms with van der Waals surface area (Å²) in [5.74, 6) is -1.20. The zero-order valence-electron chi connectivity index (χ0n) is 16.1. The van der Waals surface area contributed by atoms with Gasteiger partial charge in [0.05, 0.1) is 11.4 Å². The number of rotatable bonds is 6. The molecule has 0 saturated carbocycles. The molecule has 0 saturated heterocycles. The van der Waals surface area contributed by atoms with E-state index in [2.05, 4.69) is 15.2 Å². The molecule has 2 heterocycles. The van der Waals surface area contributed by atoms with Gasteiger partial charge < -0.3 is 9.72 Å². The molecule has 0 unspecified atom stereocenters. The van der Waals surface area contributed by atoms with Crippen LogP contribution in [-0.2, 0) is 4.74 Å². The molecule has 1 aromatic carbocycles. The number of esters is 1. The quantitative estimate of drug-likeness (QED) is 0.502. The summed E-state index contributed by atoms with van der Waals surface area (Å²) in [6.45, 7) is 6.37. The number of benzene rings is 1. The van der Waals surface area contributed by atoms with E-state index in [4.69, 9.17) is 4.74 Å². The van der Waals surface area contributed by atoms with Crippen LogP contribution in [-0.4, -0.2) is 38.8 Å². The Bertz CT molecular complexity index is 1050. The zero-order valence-corrected chi connectivity index (χ0v) is 16.1. The lowest BCUT2D eigenvalue weighted by atomic mass is 10.0. The van der Waals surface area contributed by atoms with Gasteiger partial charge >= 0.3 is 5.97 Å². The second-order valence-electron chi connectivity index (χ2n) is 6.63. The largest absolute Gasteiger partial charge is 0.449 e. The molecule has 2 aromatic heterocycles. The number of ketones is 2. The molecule has 0 bridgehead atoms. The summed E-state index contributed by atoms with van der Waals surface area (Å²) in [5, 5.41) is 6.75. The molecule has 0 radical (unpaired) electrons. The van der Waals surface area contributed by atoms with Crippen molar-refractivity contribution in [2.24, 2.45) is 0 Å². The van der Waals surface area contributed by atoms with Gasteiger partial charge in [0, 0.05) is 16.8 Å². The number of Topliss-reactive ketones (excluding diaryl/α,β-unsaturated/α-hetero) is 2. The van der Waals surface area contributed by atoms with Crippen LogP contribution < -0.4 is 0 Å². The van der Waals surface area contributed by atoms with Crippen molar-refractivity contribution in [1.82, 2.24) is 15.2 Å². The molecule has 3 rings (SSSR count). The molecular weight excluding hydrogens is 358 g/mol. The van der Waals surface area contributed by atoms with E-state index in [1.54, 1.807) is 19.9 Å². The van der Waals surface area contributed by atoms with Crippen molar-refractivity contribution >= 4 is 17.5 Å². The lowest BCUT2D eigenvalue weighted by molar-refractivity contribution is 0.0311. The molecule has 144 valence electrons. The monoisotopic (exact) mass is 379 g/mol. The standard InChI is InChI=1S/C21H21N3O4/c1-11-18(13(3)25)12(2)22-19(11)20(26)14(4)28-21(27)17-10-16(23-24-17)15-8-6-5-7-9-15/h5-10,14,22H,1-4H3,(H,23,24)/t14-/m0/s1. The molecule has 0 fully saturated rings. The van der Waals surface area contributed by atoms with Crippen LogP contribution in [0.25, 0.3) is 11.3 Å². The molecule has 0 spiro atoms. The Labute approximate surface area is 162 Å². The Hall–Kier alpha value is -3.48. The predicted octanol–water partition coefficient (Wildman–Crippen LogP) is 3.65. The summed E-state index contributed by atoms with van der Waals surface area (Å²) in [6, 6.07) is 11.0. The maximum absolute atomic E-state index is 12.7. The molecule has 3 aromatic rings. The minimum atomic E-state index is -1.02. The average molecular weight is 379 g/mol. The van der Waals surface area contributed by atoms with Crippen molar-refractivity contribution < 1.29 is 19.1 Å². The fourth-order valence-corrected chi connectivity index (χ4v) is 3.19. The Morgan fingerprint density at radius 1 is 1.11 bits per heavy atom. The summed E-state index contributed by atoms with van der Waals surface area (Å²) in [7, 11) is 0. The van der Waals surface area contributed by atoms with Gasteiger partial charge in [-0.2, -0.15) is 5.10 Å². The van der Waals surface area contributed by atoms with E-state index in [9.17, 15) is 14.4 Å². The van der Waals surface area contributed by atoms with Crippen LogP contribution in [0.4, 0.5) is 0 Å². The second-order valence-corrected chi connectivity index (χ2v) is 6.63. The van der Waals surface area contributed by atoms with Gasteiger partial charge in [0.1, 0.15) is 5.69 Å². The number of hydrogen-bond donors (Lipinski definition) is 2. The molecule has 0 aliphatic rings. The van der Waals surface area contributed by atoms with E-state index in [0.29, 0.717) is 22.5 Å². The number of nitrogens with zero attached hydrogens (tertiary/aromatic N) is 1. The molecule has 7 heteroatoms. The van der Waals surface area contributed by atoms with Gasteiger partial charge in [-0.05, 0) is 39.3 Å². The van der Waals surface area contributed by atoms with Gasteiger partial charge in [0.2, 0.25) is 5.78 Å². The number of ether oxygens (including phenoxy) is 1. The molecular formula is C21H21N3O4. The van der Waals surface area contributed by atoms with Crippen molar-refractivity contribution in [1.29, 1.82) is 0 Å². The van der Waals surface area contributed by atoms with Crippen molar-refractivity contribution in [2.45, 2.75) is 33.8 Å². The average Bonchev–Trinajstić information content (AvgIpc) is 3.26. The summed E-state index contributed by atoms with van der Waals surface area (Å²) in [4.78, 5) is 39.8. The van der Waals surface area contributed by atoms with Crippen molar-refractivity contribution in [3.63, 3.8) is 0 Å². The van der Waals surface area contributed by atoms with E-state index in [0.717, 1.165) is 5.56 Å². The lowest BCUT2D eigenvalue weighted by Gasteiger charge is -2.11. The highest BCUT2D eigenvalue weighted by Gasteiger charge is 2.26. The van der Waals surface area contributed by atoms with Crippen LogP contribution in [0, 0.1) is 13.8 Å². The Balaban J connectivity index is 1.74. The fraction of sp³-hybridized carbons (Fsp3) is 0.238. The second kappa shape index (κ2) is 7.64. The molecule has 1 atom stereocenters. The smallest absolute Gasteiger partial charge is 0.357 e. The number of carbonyl (C=O) groups excluding carboxylic acids is 3. The van der Waals surface area contributed by atoms with Crippen molar-refractivity contribution in [3.8, 4) is 11.3 Å². The Morgan fingerprint density at radius 2 is 1.79 bits per heavy atom. The maximum Gasteiger partial charge on any atom is 0.357 e. The fourth-order valence-electron chi connectivity index (χ4n) is 3.19. The first kappa shape index (κ1) is 19.3. The number of nitrogens with one attached hydrogen (secondary N) is 2. The minimum Gasteiger partial charge on any atom is -0.449 e. The number of aromatic amines is 2. The summed E-state index contributed by atoms with van der Waals surface area (Å²) in [5.41, 5.74) is 3.56. The third-order valence-electron chi connectivity index (χ3n) is 4.56. The molecule has 0 amide bonds. The molecule has 0 aliphatic heterocycles. The van der Waals surface area contributed by atoms with Gasteiger partial charge in [0.25, 0.3) is 0 Å². The van der Waals surface area contributed by atoms with Crippen LogP contribution in [0.1, 0.15) is 56.4 Å². The van der Waals surface area contributed by atoms with Crippen molar-refractivity contribution in [2.75, 3.05) is 0 Å². The van der Waals surface area contributed by atoms with E-state index >= 15 is 0 Å². The van der Waals surface area contributed by atoms with E-state index in [1.807, 2.05) is 30.3 Å². The molecule has 0 aliphatic carbocycles. The predicted molar refractivity (Wildman–Crippen MR) is 104 cm³/mol. The first-order chi connectivity index (χ1) is 13.3. The number of H-pyrrole nitrogens is 2. The topological polar surface area (TPSA) is 105 Å². The zero-order chi connectivity index (χ0) is 20.4. The summed E-state index contributed by atoms with van der Waals surface area (Å²) >= 11 is 0. The number of hydrogen-bond acceptors (Lipinski definition) is 5. The highest BCUT2D eigenvalue weighted by molar-refractivity contribution is 6.05. The summed E-state index contributed by atoms with van der Waals surface area (Å²) in [6.07, 6.45) is -1.02. The van der Waals surface area contributed by atoms with Crippen molar-refractivity contribution in [3.05, 3.63) is 64.6 Å². The van der Waals surface area contributed by atoms with E-state index in [-0.39, 0.29) is 17.2 Å². The van der Waals surface area contributed by atoms with Gasteiger partial charge in [-0.1, -0.05) is 30.3 Å². The number of aromatic nitrogens is 3. The van der Waals surface area contributed by atoms with E-state index < -0.39 is 17.9 Å². The highest BCUT2D eigenvalue weighted by atomic mass is 16.5. The van der Waals surface area contributed by atoms with Gasteiger partial charge in [0.15, 0.2) is 11.9 Å². The van der Waals surface area contributed by atoms with Gasteiger partial charge in [-0.3, -0.25) is 14.7 Å². The molecule has 28 heavy (non-hydrogen) atoms. The van der Waals surface area contributed by atoms with Crippen LogP contribution in [0.3, 0.4) is 0 Å².